The van der Waals surface area contributed by atoms with Crippen LogP contribution in [0.15, 0.2) is 75.3 Å². The number of hydrogen-bond acceptors (Lipinski definition) is 5. The highest BCUT2D eigenvalue weighted by molar-refractivity contribution is 5.53. The standard InChI is InChI=1S/C28H29N3O2/c1-20-10-6-5-7-12-22(13-9-8-11-20)26-29-27(33-31-26)23-16-14-21(15-17-23)18-24-19-25(32-30-24)28(2,3)4/h5-7,10-11,14-17,19,22H,12-13,18H2,1-4H3/b7-5+,10-6-,20-11+. The maximum atomic E-state index is 5.59. The second-order valence-corrected chi connectivity index (χ2v) is 9.40. The molecular weight excluding hydrogens is 410 g/mol. The van der Waals surface area contributed by atoms with Gasteiger partial charge in [-0.2, -0.15) is 4.98 Å². The summed E-state index contributed by atoms with van der Waals surface area (Å²) in [6, 6.07) is 10.2. The van der Waals surface area contributed by atoms with Gasteiger partial charge >= 0.3 is 0 Å². The van der Waals surface area contributed by atoms with Gasteiger partial charge in [0.15, 0.2) is 5.82 Å². The number of aromatic nitrogens is 3. The highest BCUT2D eigenvalue weighted by Crippen LogP contribution is 2.26. The second kappa shape index (κ2) is 9.87. The van der Waals surface area contributed by atoms with E-state index < -0.39 is 0 Å². The molecule has 1 aliphatic carbocycles. The average molecular weight is 440 g/mol. The Kier molecular flexibility index (Phi) is 6.74. The second-order valence-electron chi connectivity index (χ2n) is 9.40. The lowest BCUT2D eigenvalue weighted by Gasteiger charge is -2.12. The van der Waals surface area contributed by atoms with Crippen molar-refractivity contribution in [3.63, 3.8) is 0 Å². The Morgan fingerprint density at radius 2 is 1.88 bits per heavy atom. The summed E-state index contributed by atoms with van der Waals surface area (Å²) in [7, 11) is 0. The van der Waals surface area contributed by atoms with E-state index in [1.54, 1.807) is 0 Å². The summed E-state index contributed by atoms with van der Waals surface area (Å²) in [6.45, 7) is 8.39. The van der Waals surface area contributed by atoms with Crippen LogP contribution < -0.4 is 0 Å². The molecule has 0 amide bonds. The Bertz CT molecular complexity index is 1240. The molecule has 168 valence electrons. The lowest BCUT2D eigenvalue weighted by molar-refractivity contribution is 0.326. The molecule has 1 unspecified atom stereocenters. The van der Waals surface area contributed by atoms with Gasteiger partial charge in [-0.1, -0.05) is 79.4 Å². The summed E-state index contributed by atoms with van der Waals surface area (Å²) in [5, 5.41) is 8.46. The zero-order valence-electron chi connectivity index (χ0n) is 19.6. The summed E-state index contributed by atoms with van der Waals surface area (Å²) in [4.78, 5) is 4.67. The van der Waals surface area contributed by atoms with Crippen molar-refractivity contribution in [1.82, 2.24) is 15.3 Å². The van der Waals surface area contributed by atoms with Crippen LogP contribution in [0, 0.1) is 11.8 Å². The van der Waals surface area contributed by atoms with E-state index in [-0.39, 0.29) is 11.3 Å². The lowest BCUT2D eigenvalue weighted by Crippen LogP contribution is -2.09. The van der Waals surface area contributed by atoms with Crippen LogP contribution in [0.5, 0.6) is 0 Å². The first-order chi connectivity index (χ1) is 15.9. The van der Waals surface area contributed by atoms with Gasteiger partial charge in [0, 0.05) is 35.8 Å². The molecule has 5 nitrogen and oxygen atoms in total. The van der Waals surface area contributed by atoms with Gasteiger partial charge in [0.2, 0.25) is 0 Å². The van der Waals surface area contributed by atoms with Gasteiger partial charge in [-0.05, 0) is 42.7 Å². The molecule has 4 rings (SSSR count). The molecule has 5 heteroatoms. The molecule has 3 aromatic rings. The lowest BCUT2D eigenvalue weighted by atomic mass is 9.93. The molecule has 0 saturated carbocycles. The number of rotatable bonds is 4. The molecule has 0 spiro atoms. The summed E-state index contributed by atoms with van der Waals surface area (Å²) < 4.78 is 11.1. The van der Waals surface area contributed by atoms with Gasteiger partial charge in [-0.15, -0.1) is 0 Å². The molecule has 2 aromatic heterocycles. The first-order valence-electron chi connectivity index (χ1n) is 11.3. The minimum Gasteiger partial charge on any atom is -0.361 e. The summed E-state index contributed by atoms with van der Waals surface area (Å²) in [6.07, 6.45) is 12.4. The van der Waals surface area contributed by atoms with Crippen LogP contribution in [0.1, 0.15) is 69.3 Å². The summed E-state index contributed by atoms with van der Waals surface area (Å²) in [5.41, 5.74) is 4.05. The molecule has 2 heterocycles. The van der Waals surface area contributed by atoms with Crippen LogP contribution in [0.25, 0.3) is 11.5 Å². The van der Waals surface area contributed by atoms with Gasteiger partial charge in [0.25, 0.3) is 5.89 Å². The van der Waals surface area contributed by atoms with Crippen LogP contribution in [0.4, 0.5) is 0 Å². The fraction of sp³-hybridized carbons (Fsp3) is 0.321. The van der Waals surface area contributed by atoms with E-state index in [9.17, 15) is 0 Å². The zero-order chi connectivity index (χ0) is 23.3. The van der Waals surface area contributed by atoms with Gasteiger partial charge in [0.1, 0.15) is 5.76 Å². The van der Waals surface area contributed by atoms with E-state index in [0.29, 0.717) is 24.6 Å². The Hall–Kier alpha value is -3.65. The monoisotopic (exact) mass is 439 g/mol. The first kappa shape index (κ1) is 22.5. The third-order valence-electron chi connectivity index (χ3n) is 5.47. The van der Waals surface area contributed by atoms with Crippen molar-refractivity contribution in [2.24, 2.45) is 0 Å². The van der Waals surface area contributed by atoms with Gasteiger partial charge < -0.3 is 9.05 Å². The largest absolute Gasteiger partial charge is 0.361 e. The SMILES string of the molecule is CC1=C\C#CCC(c2noc(-c3ccc(Cc4cc(C(C)(C)C)on4)cc3)n2)C/C=C/C=C\1. The Morgan fingerprint density at radius 3 is 2.64 bits per heavy atom. The van der Waals surface area contributed by atoms with Crippen molar-refractivity contribution in [2.75, 3.05) is 0 Å². The molecule has 0 fully saturated rings. The summed E-state index contributed by atoms with van der Waals surface area (Å²) >= 11 is 0. The van der Waals surface area contributed by atoms with E-state index in [1.807, 2.05) is 43.4 Å². The molecule has 1 aromatic carbocycles. The normalized spacial score (nSPS) is 20.1. The van der Waals surface area contributed by atoms with Crippen molar-refractivity contribution in [3.05, 3.63) is 89.1 Å². The molecule has 0 radical (unpaired) electrons. The van der Waals surface area contributed by atoms with Gasteiger partial charge in [-0.25, -0.2) is 0 Å². The van der Waals surface area contributed by atoms with Gasteiger partial charge in [-0.3, -0.25) is 0 Å². The first-order valence-corrected chi connectivity index (χ1v) is 11.3. The van der Waals surface area contributed by atoms with Crippen molar-refractivity contribution in [3.8, 4) is 23.3 Å². The molecule has 0 N–H and O–H groups in total. The van der Waals surface area contributed by atoms with E-state index in [1.165, 1.54) is 0 Å². The Labute approximate surface area is 195 Å². The minimum atomic E-state index is -0.0491. The fourth-order valence-corrected chi connectivity index (χ4v) is 3.44. The predicted octanol–water partition coefficient (Wildman–Crippen LogP) is 6.55. The molecule has 1 atom stereocenters. The molecule has 1 aliphatic rings. The molecule has 0 aliphatic heterocycles. The van der Waals surface area contributed by atoms with Crippen LogP contribution in [0.3, 0.4) is 0 Å². The molecule has 0 saturated heterocycles. The third kappa shape index (κ3) is 5.98. The highest BCUT2D eigenvalue weighted by Gasteiger charge is 2.20. The minimum absolute atomic E-state index is 0.0491. The van der Waals surface area contributed by atoms with Gasteiger partial charge in [0.05, 0.1) is 5.69 Å². The summed E-state index contributed by atoms with van der Waals surface area (Å²) in [5.74, 6) is 8.54. The highest BCUT2D eigenvalue weighted by atomic mass is 16.5. The Balaban J connectivity index is 1.46. The average Bonchev–Trinajstić information content (AvgIpc) is 3.44. The van der Waals surface area contributed by atoms with Crippen molar-refractivity contribution < 1.29 is 9.05 Å². The van der Waals surface area contributed by atoms with Crippen molar-refractivity contribution in [2.45, 2.75) is 58.3 Å². The predicted molar refractivity (Wildman–Crippen MR) is 130 cm³/mol. The maximum Gasteiger partial charge on any atom is 0.257 e. The topological polar surface area (TPSA) is 65.0 Å². The van der Waals surface area contributed by atoms with E-state index in [0.717, 1.165) is 34.6 Å². The number of hydrogen-bond donors (Lipinski definition) is 0. The zero-order valence-corrected chi connectivity index (χ0v) is 19.6. The van der Waals surface area contributed by atoms with Crippen LogP contribution >= 0.6 is 0 Å². The van der Waals surface area contributed by atoms with E-state index >= 15 is 0 Å². The molecule has 0 bridgehead atoms. The maximum absolute atomic E-state index is 5.59. The fourth-order valence-electron chi connectivity index (χ4n) is 3.44. The number of allylic oxidation sites excluding steroid dienone is 6. The van der Waals surface area contributed by atoms with Crippen LogP contribution in [-0.2, 0) is 11.8 Å². The molecular formula is C28H29N3O2. The van der Waals surface area contributed by atoms with Crippen molar-refractivity contribution >= 4 is 0 Å². The van der Waals surface area contributed by atoms with E-state index in [2.05, 4.69) is 72.2 Å². The van der Waals surface area contributed by atoms with Crippen molar-refractivity contribution in [1.29, 1.82) is 0 Å². The Morgan fingerprint density at radius 1 is 1.06 bits per heavy atom. The number of benzene rings is 1. The number of nitrogens with zero attached hydrogens (tertiary/aromatic N) is 3. The smallest absolute Gasteiger partial charge is 0.257 e. The van der Waals surface area contributed by atoms with Crippen LogP contribution in [-0.4, -0.2) is 15.3 Å². The molecule has 33 heavy (non-hydrogen) atoms. The van der Waals surface area contributed by atoms with Crippen LogP contribution in [0.2, 0.25) is 0 Å². The van der Waals surface area contributed by atoms with E-state index in [4.69, 9.17) is 9.05 Å². The quantitative estimate of drug-likeness (QED) is 0.431. The third-order valence-corrected chi connectivity index (χ3v) is 5.47.